The van der Waals surface area contributed by atoms with Gasteiger partial charge in [0.2, 0.25) is 0 Å². The predicted octanol–water partition coefficient (Wildman–Crippen LogP) is 2.27. The Morgan fingerprint density at radius 3 is 2.69 bits per heavy atom. The van der Waals surface area contributed by atoms with Crippen LogP contribution in [0.5, 0.6) is 0 Å². The van der Waals surface area contributed by atoms with E-state index < -0.39 is 0 Å². The van der Waals surface area contributed by atoms with Crippen LogP contribution >= 0.6 is 0 Å². The highest BCUT2D eigenvalue weighted by Gasteiger charge is 2.20. The fourth-order valence-electron chi connectivity index (χ4n) is 2.30. The van der Waals surface area contributed by atoms with Gasteiger partial charge in [0.25, 0.3) is 0 Å². The van der Waals surface area contributed by atoms with Crippen molar-refractivity contribution >= 4 is 24.8 Å². The van der Waals surface area contributed by atoms with Crippen LogP contribution in [0.3, 0.4) is 0 Å². The van der Waals surface area contributed by atoms with Crippen LogP contribution in [0.25, 0.3) is 10.8 Å². The Morgan fingerprint density at radius 2 is 1.85 bits per heavy atom. The Balaban J connectivity index is 2.51. The van der Waals surface area contributed by atoms with Crippen LogP contribution in [-0.4, -0.2) is 8.80 Å². The van der Waals surface area contributed by atoms with Crippen molar-refractivity contribution in [3.8, 4) is 0 Å². The molecule has 1 aliphatic heterocycles. The van der Waals surface area contributed by atoms with E-state index >= 15 is 0 Å². The van der Waals surface area contributed by atoms with E-state index in [4.69, 9.17) is 0 Å². The third kappa shape index (κ3) is 0.908. The van der Waals surface area contributed by atoms with Crippen molar-refractivity contribution < 1.29 is 0 Å². The van der Waals surface area contributed by atoms with Crippen LogP contribution in [0.15, 0.2) is 36.4 Å². The van der Waals surface area contributed by atoms with Crippen molar-refractivity contribution in [2.45, 2.75) is 12.6 Å². The van der Waals surface area contributed by atoms with Crippen molar-refractivity contribution in [1.82, 2.24) is 0 Å². The van der Waals surface area contributed by atoms with E-state index in [2.05, 4.69) is 42.9 Å². The summed E-state index contributed by atoms with van der Waals surface area (Å²) in [6.07, 6.45) is 0. The molecule has 13 heavy (non-hydrogen) atoms. The first kappa shape index (κ1) is 7.33. The first-order valence-corrected chi connectivity index (χ1v) is 6.90. The lowest BCUT2D eigenvalue weighted by atomic mass is 10.1. The average molecular weight is 183 g/mol. The van der Waals surface area contributed by atoms with Gasteiger partial charge in [0.05, 0.1) is 8.80 Å². The van der Waals surface area contributed by atoms with E-state index in [0.717, 1.165) is 0 Å². The molecule has 0 amide bonds. The van der Waals surface area contributed by atoms with Crippen molar-refractivity contribution in [3.05, 3.63) is 42.0 Å². The van der Waals surface area contributed by atoms with Crippen LogP contribution < -0.4 is 5.19 Å². The Bertz CT molecular complexity index is 468. The topological polar surface area (TPSA) is 0 Å². The smallest absolute Gasteiger partial charge is 0.0666 e. The second-order valence-corrected chi connectivity index (χ2v) is 6.23. The molecule has 0 aliphatic carbocycles. The Labute approximate surface area is 79.8 Å². The minimum absolute atomic E-state index is 0.265. The number of hydrogen-bond donors (Lipinski definition) is 0. The summed E-state index contributed by atoms with van der Waals surface area (Å²) in [7, 11) is -0.265. The van der Waals surface area contributed by atoms with Gasteiger partial charge in [0, 0.05) is 0 Å². The number of benzene rings is 2. The van der Waals surface area contributed by atoms with Crippen molar-refractivity contribution in [2.24, 2.45) is 0 Å². The molecule has 0 unspecified atom stereocenters. The van der Waals surface area contributed by atoms with Gasteiger partial charge in [0.1, 0.15) is 0 Å². The van der Waals surface area contributed by atoms with Crippen molar-refractivity contribution in [1.29, 1.82) is 0 Å². The molecule has 3 rings (SSSR count). The summed E-state index contributed by atoms with van der Waals surface area (Å²) in [5, 5.41) is 4.62. The third-order valence-electron chi connectivity index (χ3n) is 2.91. The van der Waals surface area contributed by atoms with E-state index in [1.165, 1.54) is 11.4 Å². The molecule has 1 aliphatic rings. The molecule has 0 aromatic heterocycles. The van der Waals surface area contributed by atoms with Gasteiger partial charge in [-0.25, -0.2) is 0 Å². The van der Waals surface area contributed by atoms with Gasteiger partial charge in [0.15, 0.2) is 0 Å². The first-order chi connectivity index (χ1) is 6.36. The zero-order valence-electron chi connectivity index (χ0n) is 7.67. The van der Waals surface area contributed by atoms with Gasteiger partial charge >= 0.3 is 0 Å². The number of hydrogen-bond acceptors (Lipinski definition) is 0. The lowest BCUT2D eigenvalue weighted by Gasteiger charge is -2.01. The summed E-state index contributed by atoms with van der Waals surface area (Å²) in [5.41, 5.74) is 1.57. The summed E-state index contributed by atoms with van der Waals surface area (Å²) in [6, 6.07) is 14.7. The van der Waals surface area contributed by atoms with Crippen LogP contribution in [0.1, 0.15) is 5.56 Å². The Morgan fingerprint density at radius 1 is 1.08 bits per heavy atom. The second-order valence-electron chi connectivity index (χ2n) is 3.78. The van der Waals surface area contributed by atoms with Gasteiger partial charge in [-0.1, -0.05) is 48.1 Å². The fourth-order valence-corrected chi connectivity index (χ4v) is 4.47. The molecule has 0 saturated carbocycles. The summed E-state index contributed by atoms with van der Waals surface area (Å²) in [6.45, 7) is 2.42. The van der Waals surface area contributed by atoms with Crippen LogP contribution in [-0.2, 0) is 6.04 Å². The van der Waals surface area contributed by atoms with Gasteiger partial charge in [-0.15, -0.1) is 0 Å². The molecule has 0 saturated heterocycles. The van der Waals surface area contributed by atoms with Crippen LogP contribution in [0, 0.1) is 0 Å². The molecule has 0 spiro atoms. The van der Waals surface area contributed by atoms with Crippen molar-refractivity contribution in [2.75, 3.05) is 0 Å². The highest BCUT2D eigenvalue weighted by Crippen LogP contribution is 2.23. The summed E-state index contributed by atoms with van der Waals surface area (Å²) < 4.78 is 0. The van der Waals surface area contributed by atoms with E-state index in [1.807, 2.05) is 0 Å². The lowest BCUT2D eigenvalue weighted by Crippen LogP contribution is -2.23. The maximum atomic E-state index is 2.42. The SMILES string of the molecule is C[Si]1Cc2cccc3cccc1c23. The lowest BCUT2D eigenvalue weighted by molar-refractivity contribution is 1.44. The highest BCUT2D eigenvalue weighted by atomic mass is 28.3. The molecule has 0 fully saturated rings. The molecule has 0 nitrogen and oxygen atoms in total. The standard InChI is InChI=1S/C12H11Si/c1-13-8-10-6-2-4-9-5-3-7-11(13)12(9)10/h2-7H,8H2,1H3. The first-order valence-electron chi connectivity index (χ1n) is 4.70. The molecule has 63 valence electrons. The van der Waals surface area contributed by atoms with E-state index in [9.17, 15) is 0 Å². The van der Waals surface area contributed by atoms with E-state index in [0.29, 0.717) is 0 Å². The quantitative estimate of drug-likeness (QED) is 0.550. The molecule has 0 N–H and O–H groups in total. The summed E-state index contributed by atoms with van der Waals surface area (Å²) in [4.78, 5) is 0. The summed E-state index contributed by atoms with van der Waals surface area (Å²) in [5.74, 6) is 0. The molecular formula is C12H11Si. The maximum absolute atomic E-state index is 2.42. The molecule has 0 bridgehead atoms. The van der Waals surface area contributed by atoms with Gasteiger partial charge in [-0.3, -0.25) is 0 Å². The summed E-state index contributed by atoms with van der Waals surface area (Å²) >= 11 is 0. The number of rotatable bonds is 0. The maximum Gasteiger partial charge on any atom is 0.0878 e. The van der Waals surface area contributed by atoms with Crippen LogP contribution in [0.2, 0.25) is 6.55 Å². The average Bonchev–Trinajstić information content (AvgIpc) is 2.47. The van der Waals surface area contributed by atoms with Gasteiger partial charge in [-0.2, -0.15) is 0 Å². The molecule has 0 atom stereocenters. The van der Waals surface area contributed by atoms with Crippen LogP contribution in [0.4, 0.5) is 0 Å². The molecule has 1 heterocycles. The Hall–Kier alpha value is -1.08. The van der Waals surface area contributed by atoms with Gasteiger partial charge < -0.3 is 0 Å². The predicted molar refractivity (Wildman–Crippen MR) is 58.9 cm³/mol. The van der Waals surface area contributed by atoms with E-state index in [-0.39, 0.29) is 8.80 Å². The monoisotopic (exact) mass is 183 g/mol. The highest BCUT2D eigenvalue weighted by molar-refractivity contribution is 6.76. The third-order valence-corrected chi connectivity index (χ3v) is 5.15. The molecule has 2 aromatic carbocycles. The fraction of sp³-hybridized carbons (Fsp3) is 0.167. The second kappa shape index (κ2) is 2.45. The minimum atomic E-state index is -0.265. The molecule has 1 heteroatoms. The zero-order valence-corrected chi connectivity index (χ0v) is 8.67. The normalized spacial score (nSPS) is 15.5. The Kier molecular flexibility index (Phi) is 1.38. The molecular weight excluding hydrogens is 172 g/mol. The van der Waals surface area contributed by atoms with Crippen molar-refractivity contribution in [3.63, 3.8) is 0 Å². The van der Waals surface area contributed by atoms with Gasteiger partial charge in [-0.05, 0) is 22.4 Å². The molecule has 1 radical (unpaired) electrons. The van der Waals surface area contributed by atoms with E-state index in [1.54, 1.807) is 16.1 Å². The molecule has 2 aromatic rings. The largest absolute Gasteiger partial charge is 0.0878 e. The zero-order chi connectivity index (χ0) is 8.84. The minimum Gasteiger partial charge on any atom is -0.0666 e.